The molecule has 57 heavy (non-hydrogen) atoms. The lowest BCUT2D eigenvalue weighted by atomic mass is 9.95. The van der Waals surface area contributed by atoms with Crippen molar-refractivity contribution in [3.8, 4) is 0 Å². The van der Waals surface area contributed by atoms with Gasteiger partial charge in [-0.25, -0.2) is 14.6 Å². The van der Waals surface area contributed by atoms with Crippen molar-refractivity contribution in [3.63, 3.8) is 0 Å². The molecule has 0 radical (unpaired) electrons. The molecule has 1 aliphatic heterocycles. The third-order valence-electron chi connectivity index (χ3n) is 9.94. The van der Waals surface area contributed by atoms with Gasteiger partial charge in [-0.05, 0) is 50.3 Å². The van der Waals surface area contributed by atoms with Gasteiger partial charge in [0.2, 0.25) is 11.8 Å². The Kier molecular flexibility index (Phi) is 16.8. The van der Waals surface area contributed by atoms with Gasteiger partial charge in [0.15, 0.2) is 0 Å². The summed E-state index contributed by atoms with van der Waals surface area (Å²) in [6.45, 7) is 7.40. The predicted molar refractivity (Wildman–Crippen MR) is 224 cm³/mol. The second-order valence-electron chi connectivity index (χ2n) is 15.0. The highest BCUT2D eigenvalue weighted by Gasteiger charge is 2.28. The minimum atomic E-state index is -0.962. The Morgan fingerprint density at radius 2 is 1.47 bits per heavy atom. The van der Waals surface area contributed by atoms with Crippen molar-refractivity contribution in [2.24, 2.45) is 0 Å². The molecule has 15 heteroatoms. The molecule has 1 aliphatic rings. The average Bonchev–Trinajstić information content (AvgIpc) is 3.91. The number of likely N-dealkylation sites (N-methyl/N-ethyl adjacent to an activating group) is 1. The van der Waals surface area contributed by atoms with Crippen molar-refractivity contribution in [1.29, 1.82) is 0 Å². The van der Waals surface area contributed by atoms with E-state index in [1.807, 2.05) is 78.0 Å². The number of amides is 5. The first-order chi connectivity index (χ1) is 27.5. The summed E-state index contributed by atoms with van der Waals surface area (Å²) in [6, 6.07) is 17.8. The molecule has 3 atom stereocenters. The molecule has 5 amide bonds. The van der Waals surface area contributed by atoms with Crippen LogP contribution in [0.2, 0.25) is 0 Å². The maximum Gasteiger partial charge on any atom is 0.407 e. The number of nitrogens with one attached hydrogen (secondary N) is 3. The second kappa shape index (κ2) is 22.2. The normalized spacial score (nSPS) is 14.7. The maximum atomic E-state index is 14.3. The highest BCUT2D eigenvalue weighted by molar-refractivity contribution is 7.09. The monoisotopic (exact) mass is 816 g/mol. The van der Waals surface area contributed by atoms with E-state index in [-0.39, 0.29) is 55.8 Å². The Labute approximate surface area is 344 Å². The highest BCUT2D eigenvalue weighted by atomic mass is 32.1. The number of urea groups is 1. The van der Waals surface area contributed by atoms with E-state index in [0.29, 0.717) is 38.8 Å². The number of benzene rings is 2. The first-order valence-corrected chi connectivity index (χ1v) is 21.4. The summed E-state index contributed by atoms with van der Waals surface area (Å²) < 4.78 is 5.52. The zero-order valence-corrected chi connectivity index (χ0v) is 35.0. The number of ether oxygens (including phenoxy) is 1. The minimum absolute atomic E-state index is 0.0370. The molecule has 0 bridgehead atoms. The molecule has 0 aliphatic carbocycles. The van der Waals surface area contributed by atoms with Crippen molar-refractivity contribution in [1.82, 2.24) is 40.6 Å². The van der Waals surface area contributed by atoms with E-state index in [1.165, 1.54) is 16.2 Å². The summed E-state index contributed by atoms with van der Waals surface area (Å²) in [5.74, 6) is -0.119. The number of piperazine rings is 1. The summed E-state index contributed by atoms with van der Waals surface area (Å²) in [7, 11) is 3.71. The van der Waals surface area contributed by atoms with E-state index in [0.717, 1.165) is 39.8 Å². The fourth-order valence-corrected chi connectivity index (χ4v) is 7.93. The molecule has 306 valence electrons. The Morgan fingerprint density at radius 3 is 2.05 bits per heavy atom. The van der Waals surface area contributed by atoms with Gasteiger partial charge < -0.3 is 35.4 Å². The van der Waals surface area contributed by atoms with Gasteiger partial charge in [-0.15, -0.1) is 22.7 Å². The van der Waals surface area contributed by atoms with Gasteiger partial charge in [0.05, 0.1) is 27.6 Å². The third-order valence-corrected chi connectivity index (χ3v) is 11.9. The molecule has 2 aromatic carbocycles. The van der Waals surface area contributed by atoms with Crippen LogP contribution in [0.15, 0.2) is 77.8 Å². The Bertz CT molecular complexity index is 1830. The SMILES string of the molecule is CC(C)c1nc(CN(C)C(=O)N[C@@H](CCC(=O)N2CCN(C)CC2)C(=O)N[C@H](CC[C@H](Cc2ccccc2)NC(=O)OCc2cncs2)Cc2ccccc2)cs1. The highest BCUT2D eigenvalue weighted by Crippen LogP contribution is 2.20. The zero-order valence-electron chi connectivity index (χ0n) is 33.4. The number of alkyl carbamates (subject to hydrolysis) is 1. The zero-order chi connectivity index (χ0) is 40.6. The van der Waals surface area contributed by atoms with Crippen LogP contribution < -0.4 is 16.0 Å². The van der Waals surface area contributed by atoms with E-state index in [9.17, 15) is 19.2 Å². The molecule has 0 unspecified atom stereocenters. The molecule has 5 rings (SSSR count). The second-order valence-corrected chi connectivity index (χ2v) is 16.8. The molecule has 4 aromatic rings. The predicted octanol–water partition coefficient (Wildman–Crippen LogP) is 5.83. The quantitative estimate of drug-likeness (QED) is 0.107. The van der Waals surface area contributed by atoms with Crippen LogP contribution in [0.3, 0.4) is 0 Å². The number of nitrogens with zero attached hydrogens (tertiary/aromatic N) is 5. The number of hydrogen-bond donors (Lipinski definition) is 3. The fourth-order valence-electron chi connectivity index (χ4n) is 6.60. The molecule has 1 saturated heterocycles. The van der Waals surface area contributed by atoms with E-state index in [1.54, 1.807) is 30.1 Å². The van der Waals surface area contributed by atoms with Crippen molar-refractivity contribution < 1.29 is 23.9 Å². The largest absolute Gasteiger partial charge is 0.444 e. The van der Waals surface area contributed by atoms with Crippen molar-refractivity contribution in [2.75, 3.05) is 40.3 Å². The Morgan fingerprint density at radius 1 is 0.842 bits per heavy atom. The molecule has 3 N–H and O–H groups in total. The Hall–Kier alpha value is -4.86. The van der Waals surface area contributed by atoms with Gasteiger partial charge in [-0.1, -0.05) is 74.5 Å². The first-order valence-electron chi connectivity index (χ1n) is 19.6. The van der Waals surface area contributed by atoms with Crippen molar-refractivity contribution in [3.05, 3.63) is 104 Å². The van der Waals surface area contributed by atoms with Crippen LogP contribution in [0, 0.1) is 0 Å². The van der Waals surface area contributed by atoms with Crippen LogP contribution >= 0.6 is 22.7 Å². The maximum absolute atomic E-state index is 14.3. The molecule has 1 fully saturated rings. The summed E-state index contributed by atoms with van der Waals surface area (Å²) in [5, 5.41) is 12.2. The van der Waals surface area contributed by atoms with Gasteiger partial charge in [-0.2, -0.15) is 0 Å². The van der Waals surface area contributed by atoms with E-state index < -0.39 is 18.2 Å². The number of thiazole rings is 2. The van der Waals surface area contributed by atoms with Crippen LogP contribution in [0.5, 0.6) is 0 Å². The lowest BCUT2D eigenvalue weighted by Gasteiger charge is -2.33. The van der Waals surface area contributed by atoms with Crippen LogP contribution in [-0.4, -0.2) is 107 Å². The lowest BCUT2D eigenvalue weighted by Crippen LogP contribution is -2.53. The van der Waals surface area contributed by atoms with E-state index >= 15 is 0 Å². The van der Waals surface area contributed by atoms with E-state index in [2.05, 4.69) is 44.7 Å². The first kappa shape index (κ1) is 43.3. The number of rotatable bonds is 19. The fraction of sp³-hybridized carbons (Fsp3) is 0.476. The molecular formula is C42H56N8O5S2. The topological polar surface area (TPSA) is 149 Å². The van der Waals surface area contributed by atoms with Gasteiger partial charge in [0.25, 0.3) is 0 Å². The summed E-state index contributed by atoms with van der Waals surface area (Å²) in [5.41, 5.74) is 4.57. The lowest BCUT2D eigenvalue weighted by molar-refractivity contribution is -0.133. The number of aromatic nitrogens is 2. The molecule has 13 nitrogen and oxygen atoms in total. The summed E-state index contributed by atoms with van der Waals surface area (Å²) in [4.78, 5) is 69.4. The van der Waals surface area contributed by atoms with Crippen LogP contribution in [0.4, 0.5) is 9.59 Å². The van der Waals surface area contributed by atoms with Crippen molar-refractivity contribution >= 4 is 46.6 Å². The molecule has 0 spiro atoms. The summed E-state index contributed by atoms with van der Waals surface area (Å²) in [6.07, 6.45) is 3.57. The number of carbonyl (C=O) groups is 4. The van der Waals surface area contributed by atoms with Gasteiger partial charge >= 0.3 is 12.1 Å². The summed E-state index contributed by atoms with van der Waals surface area (Å²) >= 11 is 2.98. The average molecular weight is 817 g/mol. The molecule has 0 saturated carbocycles. The third kappa shape index (κ3) is 14.5. The van der Waals surface area contributed by atoms with E-state index in [4.69, 9.17) is 4.74 Å². The standard InChI is InChI=1S/C42H56N8O5S2/c1-30(2)40-45-35(28-56-40)26-49(4)41(53)47-37(17-18-38(51)50-21-19-48(3)20-22-50)39(52)44-33(23-31-11-7-5-8-12-31)15-16-34(24-32-13-9-6-10-14-32)46-42(54)55-27-36-25-43-29-57-36/h5-14,25,28-30,33-34,37H,15-24,26-27H2,1-4H3,(H,44,52)(H,46,54)(H,47,53)/t33-,34-,37+/m1/s1. The number of carbonyl (C=O) groups excluding carboxylic acids is 4. The van der Waals surface area contributed by atoms with Crippen LogP contribution in [0.1, 0.15) is 72.2 Å². The molecular weight excluding hydrogens is 761 g/mol. The van der Waals surface area contributed by atoms with Crippen LogP contribution in [-0.2, 0) is 40.3 Å². The van der Waals surface area contributed by atoms with Crippen molar-refractivity contribution in [2.45, 2.75) is 89.6 Å². The Balaban J connectivity index is 1.29. The van der Waals surface area contributed by atoms with Gasteiger partial charge in [0.1, 0.15) is 12.6 Å². The smallest absolute Gasteiger partial charge is 0.407 e. The number of hydrogen-bond acceptors (Lipinski definition) is 10. The van der Waals surface area contributed by atoms with Gasteiger partial charge in [0, 0.05) is 69.2 Å². The van der Waals surface area contributed by atoms with Crippen LogP contribution in [0.25, 0.3) is 0 Å². The molecule has 3 heterocycles. The van der Waals surface area contributed by atoms with Gasteiger partial charge in [-0.3, -0.25) is 14.6 Å². The molecule has 2 aromatic heterocycles. The minimum Gasteiger partial charge on any atom is -0.444 e.